The number of hydrogen-bond donors (Lipinski definition) is 0. The highest BCUT2D eigenvalue weighted by atomic mass is 16.5. The normalized spacial score (nSPS) is 10.5. The van der Waals surface area contributed by atoms with Crippen molar-refractivity contribution in [1.82, 2.24) is 4.90 Å². The third-order valence-corrected chi connectivity index (χ3v) is 1.51. The molecule has 0 aromatic carbocycles. The van der Waals surface area contributed by atoms with Crippen LogP contribution in [0.4, 0.5) is 0 Å². The third kappa shape index (κ3) is 4.86. The van der Waals surface area contributed by atoms with Gasteiger partial charge < -0.3 is 9.64 Å². The van der Waals surface area contributed by atoms with E-state index < -0.39 is 0 Å². The van der Waals surface area contributed by atoms with E-state index in [4.69, 9.17) is 5.26 Å². The first-order valence-corrected chi connectivity index (χ1v) is 4.01. The molecule has 0 aliphatic heterocycles. The Morgan fingerprint density at radius 3 is 2.69 bits per heavy atom. The van der Waals surface area contributed by atoms with Gasteiger partial charge in [-0.3, -0.25) is 4.79 Å². The minimum Gasteiger partial charge on any atom is -0.468 e. The number of nitriles is 1. The van der Waals surface area contributed by atoms with Gasteiger partial charge in [0.25, 0.3) is 0 Å². The van der Waals surface area contributed by atoms with Crippen LogP contribution in [0.3, 0.4) is 0 Å². The highest BCUT2D eigenvalue weighted by Gasteiger charge is 2.03. The maximum absolute atomic E-state index is 10.8. The second-order valence-corrected chi connectivity index (χ2v) is 2.61. The predicted molar refractivity (Wildman–Crippen MR) is 48.6 cm³/mol. The summed E-state index contributed by atoms with van der Waals surface area (Å²) in [4.78, 5) is 12.4. The van der Waals surface area contributed by atoms with E-state index in [1.165, 1.54) is 7.11 Å². The van der Waals surface area contributed by atoms with Crippen LogP contribution in [0.5, 0.6) is 0 Å². The van der Waals surface area contributed by atoms with E-state index in [1.807, 2.05) is 13.0 Å². The molecule has 0 heterocycles. The summed E-state index contributed by atoms with van der Waals surface area (Å²) in [6.45, 7) is 2.06. The van der Waals surface area contributed by atoms with Crippen LogP contribution in [0.15, 0.2) is 11.8 Å². The second kappa shape index (κ2) is 6.06. The van der Waals surface area contributed by atoms with Gasteiger partial charge >= 0.3 is 5.97 Å². The number of rotatable bonds is 4. The number of ether oxygens (including phenoxy) is 1. The molecule has 0 aliphatic carbocycles. The maximum atomic E-state index is 10.8. The van der Waals surface area contributed by atoms with Crippen LogP contribution in [0, 0.1) is 11.3 Å². The number of allylic oxidation sites excluding steroid dienone is 1. The SMILES string of the molecule is CCC(C#N)=CN(C)CC(=O)OC. The molecular formula is C9H14N2O2. The third-order valence-electron chi connectivity index (χ3n) is 1.51. The summed E-state index contributed by atoms with van der Waals surface area (Å²) >= 11 is 0. The van der Waals surface area contributed by atoms with Gasteiger partial charge in [0.05, 0.1) is 13.2 Å². The molecule has 13 heavy (non-hydrogen) atoms. The van der Waals surface area contributed by atoms with Crippen LogP contribution in [0.2, 0.25) is 0 Å². The van der Waals surface area contributed by atoms with Crippen LogP contribution >= 0.6 is 0 Å². The minimum atomic E-state index is -0.313. The van der Waals surface area contributed by atoms with Crippen LogP contribution in [0.1, 0.15) is 13.3 Å². The number of hydrogen-bond acceptors (Lipinski definition) is 4. The number of likely N-dealkylation sites (N-methyl/N-ethyl adjacent to an activating group) is 1. The Bertz CT molecular complexity index is 240. The lowest BCUT2D eigenvalue weighted by Gasteiger charge is -2.12. The molecule has 0 spiro atoms. The topological polar surface area (TPSA) is 53.3 Å². The van der Waals surface area contributed by atoms with E-state index in [-0.39, 0.29) is 12.5 Å². The second-order valence-electron chi connectivity index (χ2n) is 2.61. The highest BCUT2D eigenvalue weighted by molar-refractivity contribution is 5.71. The van der Waals surface area contributed by atoms with E-state index in [0.29, 0.717) is 12.0 Å². The molecule has 0 aromatic rings. The van der Waals surface area contributed by atoms with Gasteiger partial charge in [0.15, 0.2) is 0 Å². The van der Waals surface area contributed by atoms with Gasteiger partial charge in [0, 0.05) is 18.8 Å². The number of esters is 1. The van der Waals surface area contributed by atoms with Crippen LogP contribution in [-0.4, -0.2) is 31.6 Å². The zero-order valence-corrected chi connectivity index (χ0v) is 8.20. The van der Waals surface area contributed by atoms with Gasteiger partial charge in [-0.15, -0.1) is 0 Å². The van der Waals surface area contributed by atoms with Crippen LogP contribution in [0.25, 0.3) is 0 Å². The summed E-state index contributed by atoms with van der Waals surface area (Å²) in [7, 11) is 3.06. The average Bonchev–Trinajstić information content (AvgIpc) is 2.13. The van der Waals surface area contributed by atoms with Gasteiger partial charge in [-0.05, 0) is 6.42 Å². The first kappa shape index (κ1) is 11.5. The van der Waals surface area contributed by atoms with E-state index in [2.05, 4.69) is 4.74 Å². The number of methoxy groups -OCH3 is 1. The molecule has 4 nitrogen and oxygen atoms in total. The maximum Gasteiger partial charge on any atom is 0.325 e. The lowest BCUT2D eigenvalue weighted by Crippen LogP contribution is -2.22. The molecule has 0 radical (unpaired) electrons. The van der Waals surface area contributed by atoms with Crippen molar-refractivity contribution >= 4 is 5.97 Å². The molecular weight excluding hydrogens is 168 g/mol. The predicted octanol–water partition coefficient (Wildman–Crippen LogP) is 0.909. The summed E-state index contributed by atoms with van der Waals surface area (Å²) in [5.74, 6) is -0.313. The molecule has 0 unspecified atom stereocenters. The first-order valence-electron chi connectivity index (χ1n) is 4.01. The minimum absolute atomic E-state index is 0.168. The van der Waals surface area contributed by atoms with Crippen molar-refractivity contribution in [3.8, 4) is 6.07 Å². The smallest absolute Gasteiger partial charge is 0.325 e. The number of nitrogens with zero attached hydrogens (tertiary/aromatic N) is 2. The Balaban J connectivity index is 4.13. The summed E-state index contributed by atoms with van der Waals surface area (Å²) in [6, 6.07) is 2.04. The molecule has 0 bridgehead atoms. The lowest BCUT2D eigenvalue weighted by molar-refractivity contribution is -0.141. The molecule has 0 atom stereocenters. The molecule has 0 rings (SSSR count). The lowest BCUT2D eigenvalue weighted by atomic mass is 10.2. The summed E-state index contributed by atoms with van der Waals surface area (Å²) in [5.41, 5.74) is 0.645. The molecule has 4 heteroatoms. The summed E-state index contributed by atoms with van der Waals surface area (Å²) in [6.07, 6.45) is 2.32. The molecule has 0 amide bonds. The first-order chi connectivity index (χ1) is 6.13. The Kier molecular flexibility index (Phi) is 5.37. The molecule has 0 saturated carbocycles. The van der Waals surface area contributed by atoms with Gasteiger partial charge in [-0.2, -0.15) is 5.26 Å². The molecule has 0 aliphatic rings. The van der Waals surface area contributed by atoms with Crippen molar-refractivity contribution in [1.29, 1.82) is 5.26 Å². The molecule has 72 valence electrons. The zero-order valence-electron chi connectivity index (χ0n) is 8.20. The standard InChI is InChI=1S/C9H14N2O2/c1-4-8(5-10)6-11(2)7-9(12)13-3/h6H,4,7H2,1-3H3. The van der Waals surface area contributed by atoms with E-state index in [0.717, 1.165) is 0 Å². The monoisotopic (exact) mass is 182 g/mol. The Morgan fingerprint density at radius 2 is 2.31 bits per heavy atom. The quantitative estimate of drug-likeness (QED) is 0.479. The Morgan fingerprint density at radius 1 is 1.69 bits per heavy atom. The van der Waals surface area contributed by atoms with Crippen molar-refractivity contribution < 1.29 is 9.53 Å². The summed E-state index contributed by atoms with van der Waals surface area (Å²) in [5, 5.41) is 8.61. The number of carbonyl (C=O) groups is 1. The van der Waals surface area contributed by atoms with Crippen molar-refractivity contribution in [3.05, 3.63) is 11.8 Å². The molecule has 0 aromatic heterocycles. The fraction of sp³-hybridized carbons (Fsp3) is 0.556. The van der Waals surface area contributed by atoms with Gasteiger partial charge in [0.2, 0.25) is 0 Å². The molecule has 0 fully saturated rings. The van der Waals surface area contributed by atoms with E-state index in [9.17, 15) is 4.79 Å². The van der Waals surface area contributed by atoms with Crippen LogP contribution < -0.4 is 0 Å². The highest BCUT2D eigenvalue weighted by Crippen LogP contribution is 1.99. The fourth-order valence-corrected chi connectivity index (χ4v) is 0.779. The molecule has 0 N–H and O–H groups in total. The van der Waals surface area contributed by atoms with Crippen molar-refractivity contribution in [2.45, 2.75) is 13.3 Å². The Hall–Kier alpha value is -1.50. The number of carbonyl (C=O) groups excluding carboxylic acids is 1. The van der Waals surface area contributed by atoms with Gasteiger partial charge in [-0.25, -0.2) is 0 Å². The Labute approximate surface area is 78.4 Å². The largest absolute Gasteiger partial charge is 0.468 e. The fourth-order valence-electron chi connectivity index (χ4n) is 0.779. The van der Waals surface area contributed by atoms with Crippen molar-refractivity contribution in [2.24, 2.45) is 0 Å². The van der Waals surface area contributed by atoms with Gasteiger partial charge in [0.1, 0.15) is 6.54 Å². The van der Waals surface area contributed by atoms with Crippen molar-refractivity contribution in [3.63, 3.8) is 0 Å². The van der Waals surface area contributed by atoms with Crippen LogP contribution in [-0.2, 0) is 9.53 Å². The average molecular weight is 182 g/mol. The zero-order chi connectivity index (χ0) is 10.3. The van der Waals surface area contributed by atoms with E-state index >= 15 is 0 Å². The van der Waals surface area contributed by atoms with E-state index in [1.54, 1.807) is 18.1 Å². The molecule has 0 saturated heterocycles. The van der Waals surface area contributed by atoms with Gasteiger partial charge in [-0.1, -0.05) is 6.92 Å². The summed E-state index contributed by atoms with van der Waals surface area (Å²) < 4.78 is 4.48. The van der Waals surface area contributed by atoms with Crippen molar-refractivity contribution in [2.75, 3.05) is 20.7 Å².